The molecule has 1 saturated carbocycles. The van der Waals surface area contributed by atoms with Gasteiger partial charge in [-0.15, -0.1) is 0 Å². The van der Waals surface area contributed by atoms with Crippen molar-refractivity contribution in [3.8, 4) is 0 Å². The van der Waals surface area contributed by atoms with E-state index in [0.29, 0.717) is 12.8 Å². The van der Waals surface area contributed by atoms with Crippen molar-refractivity contribution in [1.29, 1.82) is 0 Å². The van der Waals surface area contributed by atoms with Crippen LogP contribution in [-0.2, 0) is 98.1 Å². The van der Waals surface area contributed by atoms with Crippen LogP contribution in [0.1, 0.15) is 33.6 Å². The van der Waals surface area contributed by atoms with Gasteiger partial charge in [0.15, 0.2) is 0 Å². The molecule has 0 spiro atoms. The van der Waals surface area contributed by atoms with E-state index in [1.807, 2.05) is 26.8 Å². The third-order valence-electron chi connectivity index (χ3n) is 2.61. The Morgan fingerprint density at radius 2 is 1.44 bits per heavy atom. The van der Waals surface area contributed by atoms with Crippen molar-refractivity contribution >= 4 is 0 Å². The Bertz CT molecular complexity index is 242. The summed E-state index contributed by atoms with van der Waals surface area (Å²) in [5, 5.41) is 19.5. The molecule has 5 heteroatoms. The molecule has 0 aromatic carbocycles. The predicted molar refractivity (Wildman–Crippen MR) is 53.4 cm³/mol. The van der Waals surface area contributed by atoms with Gasteiger partial charge in [0, 0.05) is 98.1 Å². The fourth-order valence-corrected chi connectivity index (χ4v) is 1.92. The van der Waals surface area contributed by atoms with Crippen LogP contribution in [-0.4, -0.2) is 22.4 Å². The Kier molecular flexibility index (Phi) is 17.1. The normalized spacial score (nSPS) is 23.6. The van der Waals surface area contributed by atoms with E-state index < -0.39 is 12.2 Å². The van der Waals surface area contributed by atoms with E-state index in [2.05, 4.69) is 0 Å². The van der Waals surface area contributed by atoms with E-state index in [1.54, 1.807) is 0 Å². The molecule has 2 N–H and O–H groups in total. The number of rotatable bonds is 0. The number of hydrogen-bond donors (Lipinski definition) is 2. The summed E-state index contributed by atoms with van der Waals surface area (Å²) in [6, 6.07) is 0. The first-order chi connectivity index (χ1) is 6.06. The summed E-state index contributed by atoms with van der Waals surface area (Å²) in [7, 11) is 0. The van der Waals surface area contributed by atoms with Gasteiger partial charge in [0.2, 0.25) is 0 Å². The molecule has 3 radical (unpaired) electrons. The fraction of sp³-hybridized carbons (Fsp3) is 0.636. The molecule has 0 aromatic heterocycles. The molecule has 0 heterocycles. The monoisotopic (exact) mass is 449 g/mol. The summed E-state index contributed by atoms with van der Waals surface area (Å²) < 4.78 is 0. The van der Waals surface area contributed by atoms with Crippen LogP contribution >= 0.6 is 0 Å². The van der Waals surface area contributed by atoms with Crippen LogP contribution in [0.15, 0.2) is 22.8 Å². The molecular weight excluding hydrogens is 431 g/mol. The molecule has 0 saturated heterocycles. The van der Waals surface area contributed by atoms with Crippen molar-refractivity contribution in [1.82, 2.24) is 0 Å². The number of aliphatic hydroxyl groups is 2. The number of aliphatic hydroxyl groups excluding tert-OH is 2. The Hall–Kier alpha value is 2.71. The molecule has 1 rings (SSSR count). The van der Waals surface area contributed by atoms with Gasteiger partial charge >= 0.3 is 0 Å². The molecule has 1 aliphatic carbocycles. The first kappa shape index (κ1) is 23.8. The molecule has 2 nitrogen and oxygen atoms in total. The Labute approximate surface area is 174 Å². The van der Waals surface area contributed by atoms with Gasteiger partial charge in [-0.2, -0.15) is 0 Å². The third-order valence-corrected chi connectivity index (χ3v) is 2.61. The molecule has 0 bridgehead atoms. The second kappa shape index (κ2) is 11.5. The van der Waals surface area contributed by atoms with E-state index in [1.165, 1.54) is 0 Å². The van der Waals surface area contributed by atoms with Crippen LogP contribution in [0, 0.1) is 0 Å². The minimum absolute atomic E-state index is 0. The van der Waals surface area contributed by atoms with E-state index in [-0.39, 0.29) is 98.1 Å². The summed E-state index contributed by atoms with van der Waals surface area (Å²) in [6.07, 6.45) is 2.36. The van der Waals surface area contributed by atoms with Gasteiger partial charge in [-0.25, -0.2) is 0 Å². The minimum atomic E-state index is -0.486. The maximum absolute atomic E-state index is 9.75. The van der Waals surface area contributed by atoms with Crippen molar-refractivity contribution in [2.24, 2.45) is 0 Å². The van der Waals surface area contributed by atoms with Crippen LogP contribution in [0.4, 0.5) is 0 Å². The largest absolute Gasteiger partial charge is 0.388 e. The quantitative estimate of drug-likeness (QED) is 0.555. The van der Waals surface area contributed by atoms with Gasteiger partial charge in [0.25, 0.3) is 0 Å². The zero-order chi connectivity index (χ0) is 10.0. The zero-order valence-corrected chi connectivity index (χ0v) is 18.8. The van der Waals surface area contributed by atoms with Crippen molar-refractivity contribution in [2.75, 3.05) is 0 Å². The average molecular weight is 449 g/mol. The summed E-state index contributed by atoms with van der Waals surface area (Å²) >= 11 is 0. The summed E-state index contributed by atoms with van der Waals surface area (Å²) in [4.78, 5) is 0. The maximum atomic E-state index is 9.75. The number of hydrogen-bond acceptors (Lipinski definition) is 2. The van der Waals surface area contributed by atoms with Gasteiger partial charge in [-0.3, -0.25) is 0 Å². The molecule has 0 aromatic rings. The van der Waals surface area contributed by atoms with E-state index in [0.717, 1.165) is 16.7 Å². The molecule has 1 aliphatic rings. The molecule has 0 aliphatic heterocycles. The molecule has 83 valence electrons. The Morgan fingerprint density at radius 1 is 1.06 bits per heavy atom. The average Bonchev–Trinajstić information content (AvgIpc) is 2.02. The number of allylic oxidation sites excluding steroid dienone is 2. The van der Waals surface area contributed by atoms with Gasteiger partial charge in [-0.1, -0.05) is 17.2 Å². The maximum Gasteiger partial charge on any atom is 0.0814 e. The van der Waals surface area contributed by atoms with Crippen LogP contribution in [0.5, 0.6) is 0 Å². The molecular formula is C11H18O2Y3. The Balaban J connectivity index is -0.000000563. The van der Waals surface area contributed by atoms with Crippen LogP contribution in [0.3, 0.4) is 0 Å². The van der Waals surface area contributed by atoms with Crippen LogP contribution < -0.4 is 0 Å². The topological polar surface area (TPSA) is 40.5 Å². The molecule has 2 unspecified atom stereocenters. The predicted octanol–water partition coefficient (Wildman–Crippen LogP) is 1.78. The summed E-state index contributed by atoms with van der Waals surface area (Å²) in [5.41, 5.74) is 2.99. The molecule has 2 atom stereocenters. The second-order valence-electron chi connectivity index (χ2n) is 3.84. The summed E-state index contributed by atoms with van der Waals surface area (Å²) in [6.45, 7) is 5.81. The van der Waals surface area contributed by atoms with Crippen molar-refractivity contribution in [3.63, 3.8) is 0 Å². The van der Waals surface area contributed by atoms with Crippen molar-refractivity contribution < 1.29 is 108 Å². The van der Waals surface area contributed by atoms with Crippen molar-refractivity contribution in [3.05, 3.63) is 22.8 Å². The first-order valence-corrected chi connectivity index (χ1v) is 4.73. The molecule has 1 fully saturated rings. The first-order valence-electron chi connectivity index (χ1n) is 4.73. The van der Waals surface area contributed by atoms with E-state index in [9.17, 15) is 10.2 Å². The molecule has 16 heavy (non-hydrogen) atoms. The van der Waals surface area contributed by atoms with E-state index >= 15 is 0 Å². The minimum Gasteiger partial charge on any atom is -0.388 e. The van der Waals surface area contributed by atoms with Crippen LogP contribution in [0.25, 0.3) is 0 Å². The van der Waals surface area contributed by atoms with Gasteiger partial charge < -0.3 is 10.2 Å². The fourth-order valence-electron chi connectivity index (χ4n) is 1.92. The zero-order valence-electron chi connectivity index (χ0n) is 10.3. The van der Waals surface area contributed by atoms with Gasteiger partial charge in [0.1, 0.15) is 0 Å². The SMILES string of the molecule is CC=C1CC(O)C(=C(C)C)C(O)C1.[Y].[Y].[Y]. The van der Waals surface area contributed by atoms with E-state index in [4.69, 9.17) is 0 Å². The summed E-state index contributed by atoms with van der Waals surface area (Å²) in [5.74, 6) is 0. The van der Waals surface area contributed by atoms with Crippen LogP contribution in [0.2, 0.25) is 0 Å². The third kappa shape index (κ3) is 6.76. The van der Waals surface area contributed by atoms with Gasteiger partial charge in [0.05, 0.1) is 12.2 Å². The second-order valence-corrected chi connectivity index (χ2v) is 3.84. The Morgan fingerprint density at radius 3 is 1.69 bits per heavy atom. The smallest absolute Gasteiger partial charge is 0.0814 e. The molecule has 0 amide bonds. The van der Waals surface area contributed by atoms with Gasteiger partial charge in [-0.05, 0) is 39.2 Å². The standard InChI is InChI=1S/C11H18O2.3Y/c1-4-8-5-9(12)11(7(2)3)10(13)6-8;;;/h4,9-10,12-13H,5-6H2,1-3H3;;;. The van der Waals surface area contributed by atoms with Crippen molar-refractivity contribution in [2.45, 2.75) is 45.8 Å².